The summed E-state index contributed by atoms with van der Waals surface area (Å²) in [6, 6.07) is 3.30. The second kappa shape index (κ2) is 8.55. The van der Waals surface area contributed by atoms with Crippen LogP contribution < -0.4 is 10.6 Å². The van der Waals surface area contributed by atoms with Gasteiger partial charge in [0.1, 0.15) is 12.3 Å². The molecule has 2 heterocycles. The molecule has 0 aromatic heterocycles. The van der Waals surface area contributed by atoms with Crippen LogP contribution in [-0.2, 0) is 14.3 Å². The van der Waals surface area contributed by atoms with Crippen LogP contribution in [0.1, 0.15) is 39.0 Å². The zero-order valence-electron chi connectivity index (χ0n) is 17.3. The fourth-order valence-electron chi connectivity index (χ4n) is 5.81. The van der Waals surface area contributed by atoms with Gasteiger partial charge in [0.05, 0.1) is 49.1 Å². The third-order valence-electron chi connectivity index (χ3n) is 7.37. The Bertz CT molecular complexity index is 879. The number of nitriles is 2. The van der Waals surface area contributed by atoms with E-state index in [1.165, 1.54) is 0 Å². The normalized spacial score (nSPS) is 42.0. The highest BCUT2D eigenvalue weighted by molar-refractivity contribution is 6.00. The summed E-state index contributed by atoms with van der Waals surface area (Å²) in [4.78, 5) is 25.4. The number of nitrogens with zero attached hydrogens (tertiary/aromatic N) is 2. The van der Waals surface area contributed by atoms with Gasteiger partial charge in [0.25, 0.3) is 0 Å². The summed E-state index contributed by atoms with van der Waals surface area (Å²) in [6.07, 6.45) is -1.87. The van der Waals surface area contributed by atoms with Gasteiger partial charge in [-0.3, -0.25) is 9.59 Å². The molecule has 0 spiro atoms. The van der Waals surface area contributed by atoms with Crippen molar-refractivity contribution >= 4 is 11.8 Å². The third-order valence-corrected chi connectivity index (χ3v) is 7.37. The molecule has 3 fully saturated rings. The summed E-state index contributed by atoms with van der Waals surface area (Å²) >= 11 is 0. The molecule has 9 heteroatoms. The van der Waals surface area contributed by atoms with E-state index in [2.05, 4.69) is 16.7 Å². The Hall–Kier alpha value is -2.52. The standard InChI is InChI=1S/C22H26F2N4O3/c1-10-12(22(30)28-16-3-2-14(23)13(8-26)20(10)16)6-19(29)27-17-9-31-18-5-11(7-25)4-15(24)21(17)18/h11,13-18,20-21H,2-6,9H2,1H3,(H,27,29)(H,28,30)/t11?,13?,14?,15?,16?,17-,18?,20?,21?/m0/s1. The lowest BCUT2D eigenvalue weighted by molar-refractivity contribution is -0.125. The summed E-state index contributed by atoms with van der Waals surface area (Å²) in [5.41, 5.74) is 0.824. The van der Waals surface area contributed by atoms with Crippen molar-refractivity contribution < 1.29 is 23.1 Å². The second-order valence-electron chi connectivity index (χ2n) is 9.13. The first kappa shape index (κ1) is 21.7. The lowest BCUT2D eigenvalue weighted by Crippen LogP contribution is -2.53. The van der Waals surface area contributed by atoms with Gasteiger partial charge in [0.15, 0.2) is 0 Å². The first-order valence-electron chi connectivity index (χ1n) is 10.8. The van der Waals surface area contributed by atoms with Crippen molar-refractivity contribution in [3.05, 3.63) is 11.1 Å². The van der Waals surface area contributed by atoms with E-state index in [0.717, 1.165) is 0 Å². The number of fused-ring (bicyclic) bond motifs is 2. The molecule has 9 atom stereocenters. The Balaban J connectivity index is 1.46. The van der Waals surface area contributed by atoms with Gasteiger partial charge in [-0.2, -0.15) is 10.5 Å². The molecule has 8 unspecified atom stereocenters. The molecule has 31 heavy (non-hydrogen) atoms. The third kappa shape index (κ3) is 3.92. The summed E-state index contributed by atoms with van der Waals surface area (Å²) in [7, 11) is 0. The van der Waals surface area contributed by atoms with Crippen molar-refractivity contribution in [3.8, 4) is 12.1 Å². The number of hydrogen-bond acceptors (Lipinski definition) is 5. The fourth-order valence-corrected chi connectivity index (χ4v) is 5.81. The van der Waals surface area contributed by atoms with Crippen molar-refractivity contribution in [1.29, 1.82) is 10.5 Å². The van der Waals surface area contributed by atoms with E-state index in [1.807, 2.05) is 6.07 Å². The largest absolute Gasteiger partial charge is 0.376 e. The summed E-state index contributed by atoms with van der Waals surface area (Å²) in [5.74, 6) is -3.02. The van der Waals surface area contributed by atoms with Gasteiger partial charge in [0, 0.05) is 23.5 Å². The Morgan fingerprint density at radius 3 is 2.71 bits per heavy atom. The quantitative estimate of drug-likeness (QED) is 0.706. The molecule has 0 aromatic carbocycles. The highest BCUT2D eigenvalue weighted by atomic mass is 19.1. The molecule has 0 radical (unpaired) electrons. The summed E-state index contributed by atoms with van der Waals surface area (Å²) in [6.45, 7) is 1.85. The van der Waals surface area contributed by atoms with Gasteiger partial charge < -0.3 is 15.4 Å². The van der Waals surface area contributed by atoms with Crippen LogP contribution in [0.25, 0.3) is 0 Å². The second-order valence-corrected chi connectivity index (χ2v) is 9.13. The molecular formula is C22H26F2N4O3. The molecule has 2 aliphatic carbocycles. The topological polar surface area (TPSA) is 115 Å². The van der Waals surface area contributed by atoms with Crippen molar-refractivity contribution in [1.82, 2.24) is 10.6 Å². The van der Waals surface area contributed by atoms with Gasteiger partial charge in [-0.15, -0.1) is 0 Å². The molecule has 1 saturated heterocycles. The molecule has 0 bridgehead atoms. The van der Waals surface area contributed by atoms with E-state index in [0.29, 0.717) is 18.4 Å². The van der Waals surface area contributed by atoms with E-state index in [9.17, 15) is 23.6 Å². The van der Waals surface area contributed by atoms with Gasteiger partial charge in [0.2, 0.25) is 11.8 Å². The number of rotatable bonds is 3. The van der Waals surface area contributed by atoms with E-state index in [1.54, 1.807) is 6.92 Å². The lowest BCUT2D eigenvalue weighted by Gasteiger charge is -2.42. The van der Waals surface area contributed by atoms with E-state index < -0.39 is 48.2 Å². The predicted molar refractivity (Wildman–Crippen MR) is 104 cm³/mol. The maximum Gasteiger partial charge on any atom is 0.247 e. The highest BCUT2D eigenvalue weighted by Gasteiger charge is 2.49. The van der Waals surface area contributed by atoms with Crippen molar-refractivity contribution in [2.45, 2.75) is 69.6 Å². The molecule has 0 aromatic rings. The van der Waals surface area contributed by atoms with Crippen LogP contribution in [0.4, 0.5) is 8.78 Å². The zero-order chi connectivity index (χ0) is 22.3. The highest BCUT2D eigenvalue weighted by Crippen LogP contribution is 2.41. The van der Waals surface area contributed by atoms with Crippen LogP contribution in [0.15, 0.2) is 11.1 Å². The van der Waals surface area contributed by atoms with Crippen LogP contribution >= 0.6 is 0 Å². The number of nitrogens with one attached hydrogen (secondary N) is 2. The molecule has 2 N–H and O–H groups in total. The van der Waals surface area contributed by atoms with Crippen LogP contribution in [0.5, 0.6) is 0 Å². The van der Waals surface area contributed by atoms with Crippen molar-refractivity contribution in [2.24, 2.45) is 23.7 Å². The number of amides is 2. The van der Waals surface area contributed by atoms with Gasteiger partial charge >= 0.3 is 0 Å². The maximum atomic E-state index is 14.6. The Morgan fingerprint density at radius 1 is 1.23 bits per heavy atom. The molecule has 166 valence electrons. The van der Waals surface area contributed by atoms with E-state index >= 15 is 0 Å². The molecule has 7 nitrogen and oxygen atoms in total. The lowest BCUT2D eigenvalue weighted by atomic mass is 9.69. The van der Waals surface area contributed by atoms with Crippen LogP contribution in [0.3, 0.4) is 0 Å². The molecule has 4 rings (SSSR count). The molecule has 2 amide bonds. The Morgan fingerprint density at radius 2 is 2.00 bits per heavy atom. The maximum absolute atomic E-state index is 14.6. The van der Waals surface area contributed by atoms with Crippen molar-refractivity contribution in [3.63, 3.8) is 0 Å². The van der Waals surface area contributed by atoms with Gasteiger partial charge in [-0.05, 0) is 32.6 Å². The predicted octanol–water partition coefficient (Wildman–Crippen LogP) is 1.85. The first-order valence-corrected chi connectivity index (χ1v) is 10.8. The number of halogens is 2. The average molecular weight is 432 g/mol. The minimum Gasteiger partial charge on any atom is -0.376 e. The fraction of sp³-hybridized carbons (Fsp3) is 0.727. The number of hydrogen-bond donors (Lipinski definition) is 2. The van der Waals surface area contributed by atoms with Gasteiger partial charge in [-0.1, -0.05) is 5.57 Å². The van der Waals surface area contributed by atoms with E-state index in [4.69, 9.17) is 10.00 Å². The number of carbonyl (C=O) groups is 2. The monoisotopic (exact) mass is 432 g/mol. The minimum atomic E-state index is -1.26. The SMILES string of the molecule is CC1=C(CC(=O)N[C@H]2COC3CC(C#N)CC(F)C32)C(=O)NC2CCC(F)C(C#N)C12. The minimum absolute atomic E-state index is 0.128. The number of ether oxygens (including phenoxy) is 1. The summed E-state index contributed by atoms with van der Waals surface area (Å²) < 4.78 is 34.6. The Kier molecular flexibility index (Phi) is 5.98. The van der Waals surface area contributed by atoms with Crippen LogP contribution in [0, 0.1) is 46.3 Å². The van der Waals surface area contributed by atoms with Crippen molar-refractivity contribution in [2.75, 3.05) is 6.61 Å². The summed E-state index contributed by atoms with van der Waals surface area (Å²) in [5, 5.41) is 24.2. The molecule has 2 saturated carbocycles. The Labute approximate surface area is 179 Å². The molecule has 2 aliphatic heterocycles. The van der Waals surface area contributed by atoms with Crippen LogP contribution in [0.2, 0.25) is 0 Å². The molecular weight excluding hydrogens is 406 g/mol. The van der Waals surface area contributed by atoms with E-state index in [-0.39, 0.29) is 49.3 Å². The number of carbonyl (C=O) groups excluding carboxylic acids is 2. The van der Waals surface area contributed by atoms with Crippen LogP contribution in [-0.4, -0.2) is 49.0 Å². The zero-order valence-corrected chi connectivity index (χ0v) is 17.3. The molecule has 4 aliphatic rings. The first-order chi connectivity index (χ1) is 14.8. The van der Waals surface area contributed by atoms with Gasteiger partial charge in [-0.25, -0.2) is 8.78 Å². The average Bonchev–Trinajstić information content (AvgIpc) is 3.14. The number of alkyl halides is 2. The smallest absolute Gasteiger partial charge is 0.247 e.